The average molecular weight is 471 g/mol. The second-order valence-corrected chi connectivity index (χ2v) is 8.06. The average Bonchev–Trinajstić information content (AvgIpc) is 3.44. The molecular formula is C25H17N3O5S. The van der Waals surface area contributed by atoms with Crippen molar-refractivity contribution in [2.75, 3.05) is 0 Å². The standard InChI is InChI=1S/C25H17N3O5S/c29-23-18(15-5-3-6-17(13-15)33-25(31)32)8-4-9-20(23)26-27-22-19-7-1-2-10-21(19)28(24(22)30)16-11-12-34-14-16/h1-14,29-30H,(H,31,32). The van der Waals surface area contributed by atoms with E-state index >= 15 is 0 Å². The number of benzene rings is 3. The lowest BCUT2D eigenvalue weighted by atomic mass is 10.0. The van der Waals surface area contributed by atoms with Crippen LogP contribution in [0.4, 0.5) is 16.2 Å². The normalized spacial score (nSPS) is 11.3. The largest absolute Gasteiger partial charge is 0.511 e. The van der Waals surface area contributed by atoms with Crippen molar-refractivity contribution in [2.24, 2.45) is 10.2 Å². The van der Waals surface area contributed by atoms with Crippen LogP contribution in [0.25, 0.3) is 27.7 Å². The number of phenols is 1. The predicted molar refractivity (Wildman–Crippen MR) is 129 cm³/mol. The highest BCUT2D eigenvalue weighted by Crippen LogP contribution is 2.43. The Balaban J connectivity index is 1.56. The van der Waals surface area contributed by atoms with Crippen molar-refractivity contribution in [1.82, 2.24) is 4.57 Å². The van der Waals surface area contributed by atoms with E-state index in [2.05, 4.69) is 10.2 Å². The summed E-state index contributed by atoms with van der Waals surface area (Å²) in [5.74, 6) is -0.0695. The van der Waals surface area contributed by atoms with Crippen molar-refractivity contribution in [1.29, 1.82) is 0 Å². The Labute approximate surface area is 197 Å². The molecule has 0 saturated heterocycles. The van der Waals surface area contributed by atoms with Gasteiger partial charge >= 0.3 is 6.16 Å². The Kier molecular flexibility index (Phi) is 5.44. The smallest absolute Gasteiger partial charge is 0.505 e. The lowest BCUT2D eigenvalue weighted by Gasteiger charge is -2.08. The number of aromatic hydroxyl groups is 2. The highest BCUT2D eigenvalue weighted by Gasteiger charge is 2.18. The van der Waals surface area contributed by atoms with Gasteiger partial charge in [-0.1, -0.05) is 42.5 Å². The molecule has 5 aromatic rings. The number of ether oxygens (including phenoxy) is 1. The number of carbonyl (C=O) groups is 1. The van der Waals surface area contributed by atoms with Crippen molar-refractivity contribution < 1.29 is 24.9 Å². The van der Waals surface area contributed by atoms with Gasteiger partial charge in [-0.3, -0.25) is 4.57 Å². The van der Waals surface area contributed by atoms with Gasteiger partial charge in [0.1, 0.15) is 11.4 Å². The first kappa shape index (κ1) is 21.2. The number of thiophene rings is 1. The molecule has 8 nitrogen and oxygen atoms in total. The van der Waals surface area contributed by atoms with Crippen molar-refractivity contribution in [3.63, 3.8) is 0 Å². The molecule has 5 rings (SSSR count). The van der Waals surface area contributed by atoms with Crippen LogP contribution in [0.5, 0.6) is 17.4 Å². The number of azo groups is 1. The number of phenolic OH excluding ortho intramolecular Hbond substituents is 1. The van der Waals surface area contributed by atoms with Crippen LogP contribution in [0, 0.1) is 0 Å². The van der Waals surface area contributed by atoms with Gasteiger partial charge in [-0.25, -0.2) is 4.79 Å². The molecule has 0 bridgehead atoms. The summed E-state index contributed by atoms with van der Waals surface area (Å²) in [6.07, 6.45) is -1.43. The minimum Gasteiger partial charge on any atom is -0.505 e. The van der Waals surface area contributed by atoms with Crippen LogP contribution in [0.1, 0.15) is 0 Å². The summed E-state index contributed by atoms with van der Waals surface area (Å²) in [4.78, 5) is 10.8. The maximum atomic E-state index is 11.0. The van der Waals surface area contributed by atoms with E-state index in [1.807, 2.05) is 41.1 Å². The molecule has 34 heavy (non-hydrogen) atoms. The molecule has 0 fully saturated rings. The number of hydrogen-bond acceptors (Lipinski definition) is 7. The third-order valence-electron chi connectivity index (χ3n) is 5.21. The Morgan fingerprint density at radius 2 is 1.76 bits per heavy atom. The Bertz CT molecular complexity index is 1540. The fraction of sp³-hybridized carbons (Fsp3) is 0. The van der Waals surface area contributed by atoms with Crippen LogP contribution in [0.2, 0.25) is 0 Å². The molecule has 0 aliphatic carbocycles. The molecule has 0 amide bonds. The first-order valence-corrected chi connectivity index (χ1v) is 11.1. The summed E-state index contributed by atoms with van der Waals surface area (Å²) in [6, 6.07) is 20.7. The SMILES string of the molecule is O=C(O)Oc1cccc(-c2cccc(N=Nc3c(O)n(-c4ccsc4)c4ccccc34)c2O)c1. The van der Waals surface area contributed by atoms with Gasteiger partial charge in [-0.15, -0.1) is 10.2 Å². The number of hydrogen-bond donors (Lipinski definition) is 3. The summed E-state index contributed by atoms with van der Waals surface area (Å²) in [5, 5.41) is 43.7. The van der Waals surface area contributed by atoms with Crippen LogP contribution in [-0.2, 0) is 0 Å². The lowest BCUT2D eigenvalue weighted by Crippen LogP contribution is -2.02. The predicted octanol–water partition coefficient (Wildman–Crippen LogP) is 7.24. The van der Waals surface area contributed by atoms with Crippen LogP contribution in [0.3, 0.4) is 0 Å². The molecule has 3 aromatic carbocycles. The lowest BCUT2D eigenvalue weighted by molar-refractivity contribution is 0.144. The van der Waals surface area contributed by atoms with Gasteiger partial charge in [-0.2, -0.15) is 11.3 Å². The van der Waals surface area contributed by atoms with Gasteiger partial charge in [0.2, 0.25) is 5.88 Å². The Morgan fingerprint density at radius 3 is 2.56 bits per heavy atom. The number of nitrogens with zero attached hydrogens (tertiary/aromatic N) is 3. The van der Waals surface area contributed by atoms with Gasteiger partial charge in [-0.05, 0) is 41.3 Å². The van der Waals surface area contributed by atoms with Crippen molar-refractivity contribution >= 4 is 39.8 Å². The fourth-order valence-electron chi connectivity index (χ4n) is 3.73. The molecule has 0 radical (unpaired) electrons. The molecule has 0 aliphatic rings. The Morgan fingerprint density at radius 1 is 0.941 bits per heavy atom. The van der Waals surface area contributed by atoms with Gasteiger partial charge in [0.25, 0.3) is 0 Å². The summed E-state index contributed by atoms with van der Waals surface area (Å²) in [7, 11) is 0. The minimum atomic E-state index is -1.43. The molecule has 168 valence electrons. The van der Waals surface area contributed by atoms with E-state index in [4.69, 9.17) is 9.84 Å². The second kappa shape index (κ2) is 8.72. The quantitative estimate of drug-likeness (QED) is 0.142. The number of carboxylic acid groups (broad SMARTS) is 1. The van der Waals surface area contributed by atoms with E-state index in [-0.39, 0.29) is 28.8 Å². The number of para-hydroxylation sites is 2. The molecule has 2 heterocycles. The molecular weight excluding hydrogens is 454 g/mol. The van der Waals surface area contributed by atoms with Crippen LogP contribution in [-0.4, -0.2) is 26.0 Å². The van der Waals surface area contributed by atoms with E-state index in [0.29, 0.717) is 16.5 Å². The van der Waals surface area contributed by atoms with Gasteiger partial charge in [0.05, 0.1) is 11.2 Å². The first-order valence-electron chi connectivity index (χ1n) is 10.1. The molecule has 3 N–H and O–H groups in total. The monoisotopic (exact) mass is 471 g/mol. The van der Waals surface area contributed by atoms with Crippen molar-refractivity contribution in [2.45, 2.75) is 0 Å². The van der Waals surface area contributed by atoms with Crippen LogP contribution in [0.15, 0.2) is 93.8 Å². The molecule has 0 atom stereocenters. The van der Waals surface area contributed by atoms with E-state index in [1.54, 1.807) is 34.9 Å². The topological polar surface area (TPSA) is 117 Å². The second-order valence-electron chi connectivity index (χ2n) is 7.28. The summed E-state index contributed by atoms with van der Waals surface area (Å²) < 4.78 is 6.40. The number of rotatable bonds is 5. The summed E-state index contributed by atoms with van der Waals surface area (Å²) in [5.41, 5.74) is 3.04. The Hall–Kier alpha value is -4.63. The number of fused-ring (bicyclic) bond motifs is 1. The third-order valence-corrected chi connectivity index (χ3v) is 5.88. The van der Waals surface area contributed by atoms with E-state index in [0.717, 1.165) is 11.2 Å². The molecule has 0 aliphatic heterocycles. The van der Waals surface area contributed by atoms with Crippen LogP contribution < -0.4 is 4.74 Å². The van der Waals surface area contributed by atoms with Crippen molar-refractivity contribution in [3.8, 4) is 34.2 Å². The zero-order valence-electron chi connectivity index (χ0n) is 17.5. The van der Waals surface area contributed by atoms with Crippen molar-refractivity contribution in [3.05, 3.63) is 83.6 Å². The van der Waals surface area contributed by atoms with Gasteiger partial charge in [0, 0.05) is 16.3 Å². The molecule has 0 saturated carbocycles. The highest BCUT2D eigenvalue weighted by atomic mass is 32.1. The van der Waals surface area contributed by atoms with Gasteiger partial charge in [0.15, 0.2) is 11.4 Å². The minimum absolute atomic E-state index is 0.0579. The zero-order valence-corrected chi connectivity index (χ0v) is 18.3. The number of aromatic nitrogens is 1. The zero-order chi connectivity index (χ0) is 23.7. The first-order chi connectivity index (χ1) is 16.5. The fourth-order valence-corrected chi connectivity index (χ4v) is 4.35. The third kappa shape index (κ3) is 3.84. The van der Waals surface area contributed by atoms with E-state index in [9.17, 15) is 15.0 Å². The molecule has 0 unspecified atom stereocenters. The molecule has 9 heteroatoms. The molecule has 0 spiro atoms. The maximum Gasteiger partial charge on any atom is 0.511 e. The summed E-state index contributed by atoms with van der Waals surface area (Å²) >= 11 is 1.52. The molecule has 2 aromatic heterocycles. The highest BCUT2D eigenvalue weighted by molar-refractivity contribution is 7.08. The van der Waals surface area contributed by atoms with E-state index in [1.165, 1.54) is 23.5 Å². The maximum absolute atomic E-state index is 11.0. The van der Waals surface area contributed by atoms with E-state index < -0.39 is 6.16 Å². The van der Waals surface area contributed by atoms with Crippen LogP contribution >= 0.6 is 11.3 Å². The van der Waals surface area contributed by atoms with Gasteiger partial charge < -0.3 is 20.1 Å². The summed E-state index contributed by atoms with van der Waals surface area (Å²) in [6.45, 7) is 0.